The molecule has 3 aromatic rings. The summed E-state index contributed by atoms with van der Waals surface area (Å²) in [6, 6.07) is 12.6. The molecule has 1 aromatic heterocycles. The maximum Gasteiger partial charge on any atom is 0.271 e. The fourth-order valence-electron chi connectivity index (χ4n) is 2.84. The molecule has 1 aliphatic rings. The van der Waals surface area contributed by atoms with Crippen LogP contribution in [0.25, 0.3) is 10.2 Å². The second kappa shape index (κ2) is 6.88. The number of nitrogens with one attached hydrogen (secondary N) is 2. The molecule has 0 saturated heterocycles. The Hall–Kier alpha value is -3.13. The number of ether oxygens (including phenoxy) is 2. The van der Waals surface area contributed by atoms with Gasteiger partial charge in [0, 0.05) is 12.6 Å². The second-order valence-corrected chi connectivity index (χ2v) is 7.21. The maximum atomic E-state index is 12.7. The number of fused-ring (bicyclic) bond motifs is 2. The van der Waals surface area contributed by atoms with E-state index in [0.29, 0.717) is 22.3 Å². The Morgan fingerprint density at radius 1 is 1.07 bits per heavy atom. The molecule has 0 saturated carbocycles. The van der Waals surface area contributed by atoms with Crippen LogP contribution in [0.2, 0.25) is 0 Å². The van der Waals surface area contributed by atoms with E-state index in [1.165, 1.54) is 18.3 Å². The van der Waals surface area contributed by atoms with Gasteiger partial charge in [-0.05, 0) is 37.3 Å². The second-order valence-electron chi connectivity index (χ2n) is 6.18. The quantitative estimate of drug-likeness (QED) is 0.723. The van der Waals surface area contributed by atoms with Crippen molar-refractivity contribution < 1.29 is 19.1 Å². The van der Waals surface area contributed by atoms with Crippen molar-refractivity contribution in [3.63, 3.8) is 0 Å². The SMILES string of the molecule is CC(=O)Nc1ccc2nc(NC(=O)[C@H]3Oc4ccccc4O[C@@H]3C)sc2c1. The Balaban J connectivity index is 1.51. The van der Waals surface area contributed by atoms with Gasteiger partial charge >= 0.3 is 0 Å². The molecule has 0 bridgehead atoms. The van der Waals surface area contributed by atoms with E-state index in [-0.39, 0.29) is 11.8 Å². The van der Waals surface area contributed by atoms with Crippen LogP contribution < -0.4 is 20.1 Å². The molecule has 2 heterocycles. The molecule has 7 nitrogen and oxygen atoms in total. The number of rotatable bonds is 3. The summed E-state index contributed by atoms with van der Waals surface area (Å²) in [4.78, 5) is 28.3. The van der Waals surface area contributed by atoms with Gasteiger partial charge in [-0.1, -0.05) is 23.5 Å². The number of thiazole rings is 1. The number of hydrogen-bond donors (Lipinski definition) is 2. The van der Waals surface area contributed by atoms with E-state index >= 15 is 0 Å². The molecule has 138 valence electrons. The van der Waals surface area contributed by atoms with Crippen LogP contribution in [0.4, 0.5) is 10.8 Å². The molecule has 0 aliphatic carbocycles. The third-order valence-corrected chi connectivity index (χ3v) is 4.97. The highest BCUT2D eigenvalue weighted by atomic mass is 32.1. The zero-order chi connectivity index (χ0) is 19.0. The molecule has 1 aliphatic heterocycles. The lowest BCUT2D eigenvalue weighted by atomic mass is 10.1. The van der Waals surface area contributed by atoms with Crippen molar-refractivity contribution in [2.24, 2.45) is 0 Å². The zero-order valence-electron chi connectivity index (χ0n) is 14.7. The normalized spacial score (nSPS) is 18.1. The van der Waals surface area contributed by atoms with Crippen molar-refractivity contribution in [3.8, 4) is 11.5 Å². The van der Waals surface area contributed by atoms with Crippen molar-refractivity contribution in [3.05, 3.63) is 42.5 Å². The molecule has 8 heteroatoms. The number of carbonyl (C=O) groups is 2. The largest absolute Gasteiger partial charge is 0.482 e. The van der Waals surface area contributed by atoms with Gasteiger partial charge in [0.1, 0.15) is 6.10 Å². The van der Waals surface area contributed by atoms with Crippen LogP contribution in [0.5, 0.6) is 11.5 Å². The first-order chi connectivity index (χ1) is 13.0. The molecule has 0 radical (unpaired) electrons. The summed E-state index contributed by atoms with van der Waals surface area (Å²) in [6.45, 7) is 3.24. The lowest BCUT2D eigenvalue weighted by molar-refractivity contribution is -0.128. The molecule has 2 amide bonds. The van der Waals surface area contributed by atoms with Crippen molar-refractivity contribution in [1.29, 1.82) is 0 Å². The van der Waals surface area contributed by atoms with E-state index in [0.717, 1.165) is 10.2 Å². The number of aromatic nitrogens is 1. The van der Waals surface area contributed by atoms with Crippen molar-refractivity contribution in [1.82, 2.24) is 4.98 Å². The van der Waals surface area contributed by atoms with Crippen LogP contribution >= 0.6 is 11.3 Å². The minimum absolute atomic E-state index is 0.142. The van der Waals surface area contributed by atoms with Gasteiger partial charge in [0.25, 0.3) is 5.91 Å². The summed E-state index contributed by atoms with van der Waals surface area (Å²) in [5, 5.41) is 5.99. The number of nitrogens with zero attached hydrogens (tertiary/aromatic N) is 1. The molecule has 2 aromatic carbocycles. The highest BCUT2D eigenvalue weighted by Gasteiger charge is 2.34. The Kier molecular flexibility index (Phi) is 4.41. The van der Waals surface area contributed by atoms with Crippen molar-refractivity contribution >= 4 is 44.2 Å². The summed E-state index contributed by atoms with van der Waals surface area (Å²) in [5.41, 5.74) is 1.43. The molecular weight excluding hydrogens is 366 g/mol. The highest BCUT2D eigenvalue weighted by Crippen LogP contribution is 2.34. The monoisotopic (exact) mass is 383 g/mol. The topological polar surface area (TPSA) is 89.6 Å². The first kappa shape index (κ1) is 17.3. The van der Waals surface area contributed by atoms with Gasteiger partial charge in [-0.25, -0.2) is 4.98 Å². The number of benzene rings is 2. The summed E-state index contributed by atoms with van der Waals surface area (Å²) in [5.74, 6) is 0.703. The first-order valence-corrected chi connectivity index (χ1v) is 9.22. The number of hydrogen-bond acceptors (Lipinski definition) is 6. The van der Waals surface area contributed by atoms with Crippen LogP contribution in [0.1, 0.15) is 13.8 Å². The van der Waals surface area contributed by atoms with E-state index in [1.807, 2.05) is 18.2 Å². The van der Waals surface area contributed by atoms with Crippen LogP contribution in [0.15, 0.2) is 42.5 Å². The van der Waals surface area contributed by atoms with Gasteiger partial charge < -0.3 is 14.8 Å². The predicted molar refractivity (Wildman–Crippen MR) is 104 cm³/mol. The summed E-state index contributed by atoms with van der Waals surface area (Å²) >= 11 is 1.33. The van der Waals surface area contributed by atoms with Crippen molar-refractivity contribution in [2.75, 3.05) is 10.6 Å². The van der Waals surface area contributed by atoms with Crippen molar-refractivity contribution in [2.45, 2.75) is 26.1 Å². The van der Waals surface area contributed by atoms with Crippen LogP contribution in [-0.2, 0) is 9.59 Å². The molecule has 4 rings (SSSR count). The lowest BCUT2D eigenvalue weighted by Gasteiger charge is -2.30. The minimum Gasteiger partial charge on any atom is -0.482 e. The smallest absolute Gasteiger partial charge is 0.271 e. The molecular formula is C19H17N3O4S. The number of anilines is 2. The summed E-state index contributed by atoms with van der Waals surface area (Å²) < 4.78 is 12.4. The standard InChI is InChI=1S/C19H17N3O4S/c1-10-17(26-15-6-4-3-5-14(15)25-10)18(24)22-19-21-13-8-7-12(20-11(2)23)9-16(13)27-19/h3-10,17H,1-2H3,(H,20,23)(H,21,22,24)/t10-,17+/m1/s1. The van der Waals surface area contributed by atoms with E-state index in [1.54, 1.807) is 31.2 Å². The fourth-order valence-corrected chi connectivity index (χ4v) is 3.75. The third-order valence-electron chi connectivity index (χ3n) is 4.04. The number of amides is 2. The lowest BCUT2D eigenvalue weighted by Crippen LogP contribution is -2.46. The Morgan fingerprint density at radius 3 is 2.56 bits per heavy atom. The molecule has 0 spiro atoms. The van der Waals surface area contributed by atoms with Gasteiger partial charge in [0.15, 0.2) is 16.6 Å². The molecule has 2 atom stereocenters. The Morgan fingerprint density at radius 2 is 1.81 bits per heavy atom. The van der Waals surface area contributed by atoms with Crippen LogP contribution in [0, 0.1) is 0 Å². The zero-order valence-corrected chi connectivity index (χ0v) is 15.5. The van der Waals surface area contributed by atoms with Gasteiger partial charge in [-0.3, -0.25) is 14.9 Å². The molecule has 0 unspecified atom stereocenters. The molecule has 2 N–H and O–H groups in total. The van der Waals surface area contributed by atoms with Crippen LogP contribution in [-0.4, -0.2) is 29.0 Å². The van der Waals surface area contributed by atoms with E-state index < -0.39 is 12.2 Å². The third kappa shape index (κ3) is 3.56. The number of para-hydroxylation sites is 2. The average molecular weight is 383 g/mol. The van der Waals surface area contributed by atoms with Gasteiger partial charge in [-0.2, -0.15) is 0 Å². The Bertz CT molecular complexity index is 1030. The van der Waals surface area contributed by atoms with Gasteiger partial charge in [0.2, 0.25) is 12.0 Å². The average Bonchev–Trinajstić information content (AvgIpc) is 3.02. The summed E-state index contributed by atoms with van der Waals surface area (Å²) in [7, 11) is 0. The van der Waals surface area contributed by atoms with E-state index in [9.17, 15) is 9.59 Å². The summed E-state index contributed by atoms with van der Waals surface area (Å²) in [6.07, 6.45) is -1.21. The van der Waals surface area contributed by atoms with Crippen LogP contribution in [0.3, 0.4) is 0 Å². The highest BCUT2D eigenvalue weighted by molar-refractivity contribution is 7.22. The molecule has 27 heavy (non-hydrogen) atoms. The minimum atomic E-state index is -0.776. The number of carbonyl (C=O) groups excluding carboxylic acids is 2. The molecule has 0 fully saturated rings. The van der Waals surface area contributed by atoms with Gasteiger partial charge in [-0.15, -0.1) is 0 Å². The predicted octanol–water partition coefficient (Wildman–Crippen LogP) is 3.42. The Labute approximate surface area is 159 Å². The van der Waals surface area contributed by atoms with E-state index in [4.69, 9.17) is 9.47 Å². The first-order valence-electron chi connectivity index (χ1n) is 8.41. The fraction of sp³-hybridized carbons (Fsp3) is 0.211. The van der Waals surface area contributed by atoms with Gasteiger partial charge in [0.05, 0.1) is 10.2 Å². The van der Waals surface area contributed by atoms with E-state index in [2.05, 4.69) is 15.6 Å². The maximum absolute atomic E-state index is 12.7.